The minimum Gasteiger partial charge on any atom is -0.459 e. The summed E-state index contributed by atoms with van der Waals surface area (Å²) >= 11 is 0. The van der Waals surface area contributed by atoms with Crippen molar-refractivity contribution in [3.63, 3.8) is 0 Å². The van der Waals surface area contributed by atoms with E-state index in [0.717, 1.165) is 11.1 Å². The third kappa shape index (κ3) is 12.2. The molecule has 0 amide bonds. The number of ether oxygens (including phenoxy) is 5. The number of hydrogen-bond donors (Lipinski definition) is 0. The average molecular weight is 829 g/mol. The van der Waals surface area contributed by atoms with Gasteiger partial charge in [-0.1, -0.05) is 158 Å². The van der Waals surface area contributed by atoms with Gasteiger partial charge in [-0.15, -0.1) is 0 Å². The van der Waals surface area contributed by atoms with Crippen LogP contribution in [0.3, 0.4) is 0 Å². The maximum absolute atomic E-state index is 14.9. The van der Waals surface area contributed by atoms with Gasteiger partial charge in [0.1, 0.15) is 24.9 Å². The first-order chi connectivity index (χ1) is 29.4. The second-order valence-corrected chi connectivity index (χ2v) is 15.5. The van der Waals surface area contributed by atoms with Crippen LogP contribution < -0.4 is 0 Å². The van der Waals surface area contributed by atoms with Crippen LogP contribution in [-0.4, -0.2) is 49.3 Å². The highest BCUT2D eigenvalue weighted by atomic mass is 31.2. The lowest BCUT2D eigenvalue weighted by atomic mass is 9.98. The van der Waals surface area contributed by atoms with Crippen LogP contribution in [0.5, 0.6) is 0 Å². The Balaban J connectivity index is 1.27. The van der Waals surface area contributed by atoms with Crippen LogP contribution in [0.4, 0.5) is 0 Å². The van der Waals surface area contributed by atoms with Gasteiger partial charge in [0.25, 0.3) is 0 Å². The van der Waals surface area contributed by atoms with Crippen LogP contribution in [-0.2, 0) is 68.2 Å². The molecular formula is C48H45O11P. The van der Waals surface area contributed by atoms with Crippen molar-refractivity contribution in [2.24, 2.45) is 0 Å². The van der Waals surface area contributed by atoms with Crippen LogP contribution in [0.2, 0.25) is 0 Å². The molecule has 1 aliphatic rings. The van der Waals surface area contributed by atoms with E-state index in [1.165, 1.54) is 0 Å². The summed E-state index contributed by atoms with van der Waals surface area (Å²) in [7, 11) is -4.54. The van der Waals surface area contributed by atoms with Crippen LogP contribution in [0.25, 0.3) is 0 Å². The van der Waals surface area contributed by atoms with Crippen LogP contribution in [0.15, 0.2) is 182 Å². The van der Waals surface area contributed by atoms with Crippen LogP contribution >= 0.6 is 7.82 Å². The van der Waals surface area contributed by atoms with Crippen molar-refractivity contribution >= 4 is 19.8 Å². The van der Waals surface area contributed by atoms with Gasteiger partial charge in [0.2, 0.25) is 0 Å². The van der Waals surface area contributed by atoms with Crippen molar-refractivity contribution in [3.8, 4) is 0 Å². The van der Waals surface area contributed by atoms with Gasteiger partial charge in [0.05, 0.1) is 37.6 Å². The predicted molar refractivity (Wildman–Crippen MR) is 222 cm³/mol. The predicted octanol–water partition coefficient (Wildman–Crippen LogP) is 9.52. The summed E-state index contributed by atoms with van der Waals surface area (Å²) in [5.74, 6) is -1.32. The molecule has 1 heterocycles. The van der Waals surface area contributed by atoms with Crippen molar-refractivity contribution in [2.75, 3.05) is 6.61 Å². The van der Waals surface area contributed by atoms with E-state index in [-0.39, 0.29) is 32.0 Å². The lowest BCUT2D eigenvalue weighted by Crippen LogP contribution is -2.62. The van der Waals surface area contributed by atoms with Gasteiger partial charge in [0.15, 0.2) is 12.4 Å². The first-order valence-corrected chi connectivity index (χ1v) is 21.0. The normalized spacial score (nSPS) is 19.0. The summed E-state index contributed by atoms with van der Waals surface area (Å²) < 4.78 is 65.3. The zero-order chi connectivity index (χ0) is 41.4. The van der Waals surface area contributed by atoms with Crippen molar-refractivity contribution in [1.29, 1.82) is 0 Å². The van der Waals surface area contributed by atoms with E-state index in [2.05, 4.69) is 0 Å². The zero-order valence-corrected chi connectivity index (χ0v) is 33.6. The van der Waals surface area contributed by atoms with Gasteiger partial charge in [-0.3, -0.25) is 13.6 Å². The van der Waals surface area contributed by atoms with Gasteiger partial charge in [0, 0.05) is 0 Å². The lowest BCUT2D eigenvalue weighted by Gasteiger charge is -2.45. The monoisotopic (exact) mass is 828 g/mol. The molecule has 6 aromatic rings. The summed E-state index contributed by atoms with van der Waals surface area (Å²) in [6.45, 7) is -0.590. The van der Waals surface area contributed by atoms with Crippen molar-refractivity contribution in [3.05, 3.63) is 215 Å². The number of phosphoric acid groups is 1. The first-order valence-electron chi connectivity index (χ1n) is 19.5. The molecule has 7 rings (SSSR count). The van der Waals surface area contributed by atoms with E-state index in [9.17, 15) is 14.2 Å². The molecule has 1 aliphatic heterocycles. The Morgan fingerprint density at radius 3 is 1.30 bits per heavy atom. The Morgan fingerprint density at radius 2 is 0.850 bits per heavy atom. The Kier molecular flexibility index (Phi) is 15.2. The molecule has 0 N–H and O–H groups in total. The van der Waals surface area contributed by atoms with E-state index in [4.69, 9.17) is 37.3 Å². The third-order valence-corrected chi connectivity index (χ3v) is 10.9. The molecule has 308 valence electrons. The second-order valence-electron chi connectivity index (χ2n) is 13.8. The van der Waals surface area contributed by atoms with E-state index in [1.54, 1.807) is 60.7 Å². The number of carbonyl (C=O) groups excluding carboxylic acids is 2. The standard InChI is InChI=1S/C48H45O11P/c49-46(40-27-15-5-16-28-40)54-35-42-43(58-47(50)41-29-17-6-18-30-41)44(52-31-36-19-7-1-8-20-36)45(53-32-37-21-9-2-10-22-37)48(57-42)59-60(51,55-33-38-23-11-3-12-24-38)56-34-39-25-13-4-14-26-39/h1-30,42-45,48H,31-35H2/t42-,43+,44+,45-,48-/m1/s1. The van der Waals surface area contributed by atoms with Gasteiger partial charge in [-0.05, 0) is 46.5 Å². The third-order valence-electron chi connectivity index (χ3n) is 9.50. The molecule has 0 spiro atoms. The molecule has 0 bridgehead atoms. The Labute approximate surface area is 349 Å². The molecule has 1 saturated heterocycles. The quantitative estimate of drug-likeness (QED) is 0.0573. The zero-order valence-electron chi connectivity index (χ0n) is 32.7. The van der Waals surface area contributed by atoms with Gasteiger partial charge in [-0.2, -0.15) is 0 Å². The molecule has 1 fully saturated rings. The van der Waals surface area contributed by atoms with E-state index >= 15 is 0 Å². The van der Waals surface area contributed by atoms with E-state index in [0.29, 0.717) is 16.7 Å². The molecule has 5 atom stereocenters. The molecular weight excluding hydrogens is 783 g/mol. The smallest absolute Gasteiger partial charge is 0.459 e. The number of esters is 2. The van der Waals surface area contributed by atoms with E-state index in [1.807, 2.05) is 121 Å². The number of rotatable bonds is 19. The van der Waals surface area contributed by atoms with Crippen LogP contribution in [0.1, 0.15) is 43.0 Å². The SMILES string of the molecule is O=C(OC[C@H]1O[C@H](OP(=O)(OCc2ccccc2)OCc2ccccc2)[C@H](OCc2ccccc2)[C@@H](OCc2ccccc2)[C@H]1OC(=O)c1ccccc1)c1ccccc1. The highest BCUT2D eigenvalue weighted by molar-refractivity contribution is 7.48. The number of phosphoric ester groups is 1. The summed E-state index contributed by atoms with van der Waals surface area (Å²) in [6, 6.07) is 54.1. The van der Waals surface area contributed by atoms with Crippen LogP contribution in [0, 0.1) is 0 Å². The fourth-order valence-corrected chi connectivity index (χ4v) is 7.64. The molecule has 0 radical (unpaired) electrons. The average Bonchev–Trinajstić information content (AvgIpc) is 3.31. The van der Waals surface area contributed by atoms with Gasteiger partial charge >= 0.3 is 19.8 Å². The maximum Gasteiger partial charge on any atom is 0.477 e. The van der Waals surface area contributed by atoms with E-state index < -0.39 is 57.1 Å². The minimum atomic E-state index is -4.54. The second kappa shape index (κ2) is 21.5. The fraction of sp³-hybridized carbons (Fsp3) is 0.208. The summed E-state index contributed by atoms with van der Waals surface area (Å²) in [4.78, 5) is 27.2. The van der Waals surface area contributed by atoms with Gasteiger partial charge < -0.3 is 23.7 Å². The molecule has 11 nitrogen and oxygen atoms in total. The number of carbonyl (C=O) groups is 2. The highest BCUT2D eigenvalue weighted by Gasteiger charge is 2.53. The minimum absolute atomic E-state index is 0.0347. The molecule has 0 aliphatic carbocycles. The van der Waals surface area contributed by atoms with Crippen molar-refractivity contribution in [2.45, 2.75) is 57.1 Å². The molecule has 0 saturated carbocycles. The van der Waals surface area contributed by atoms with Crippen molar-refractivity contribution in [1.82, 2.24) is 0 Å². The first kappa shape index (κ1) is 42.4. The highest BCUT2D eigenvalue weighted by Crippen LogP contribution is 2.54. The molecule has 6 aromatic carbocycles. The Morgan fingerprint density at radius 1 is 0.467 bits per heavy atom. The summed E-state index contributed by atoms with van der Waals surface area (Å²) in [5, 5.41) is 0. The summed E-state index contributed by atoms with van der Waals surface area (Å²) in [5.41, 5.74) is 3.62. The summed E-state index contributed by atoms with van der Waals surface area (Å²) in [6.07, 6.45) is -6.40. The molecule has 12 heteroatoms. The van der Waals surface area contributed by atoms with Gasteiger partial charge in [-0.25, -0.2) is 14.2 Å². The number of hydrogen-bond acceptors (Lipinski definition) is 11. The maximum atomic E-state index is 14.9. The number of benzene rings is 6. The van der Waals surface area contributed by atoms with Crippen molar-refractivity contribution < 1.29 is 51.4 Å². The lowest BCUT2D eigenvalue weighted by molar-refractivity contribution is -0.302. The molecule has 0 unspecified atom stereocenters. The Bertz CT molecular complexity index is 2200. The Hall–Kier alpha value is -5.75. The molecule has 60 heavy (non-hydrogen) atoms. The molecule has 0 aromatic heterocycles. The topological polar surface area (TPSA) is 125 Å². The fourth-order valence-electron chi connectivity index (χ4n) is 6.40. The largest absolute Gasteiger partial charge is 0.477 e.